The van der Waals surface area contributed by atoms with Gasteiger partial charge in [0.1, 0.15) is 5.69 Å². The van der Waals surface area contributed by atoms with Gasteiger partial charge in [0.05, 0.1) is 28.4 Å². The van der Waals surface area contributed by atoms with Gasteiger partial charge in [0.25, 0.3) is 5.69 Å². The van der Waals surface area contributed by atoms with Crippen LogP contribution in [0.2, 0.25) is 0 Å². The van der Waals surface area contributed by atoms with Crippen molar-refractivity contribution in [1.29, 1.82) is 0 Å². The molecule has 0 unspecified atom stereocenters. The molecular weight excluding hydrogens is 234 g/mol. The lowest BCUT2D eigenvalue weighted by molar-refractivity contribution is -0.384. The Bertz CT molecular complexity index is 723. The first-order chi connectivity index (χ1) is 8.74. The third-order valence-electron chi connectivity index (χ3n) is 2.51. The summed E-state index contributed by atoms with van der Waals surface area (Å²) in [7, 11) is 0. The summed E-state index contributed by atoms with van der Waals surface area (Å²) >= 11 is 0. The normalized spacial score (nSPS) is 10.7. The van der Waals surface area contributed by atoms with Crippen LogP contribution in [-0.2, 0) is 0 Å². The first kappa shape index (κ1) is 10.4. The number of hydrogen-bond donors (Lipinski definition) is 0. The Morgan fingerprint density at radius 1 is 1.22 bits per heavy atom. The summed E-state index contributed by atoms with van der Waals surface area (Å²) in [4.78, 5) is 18.7. The number of benzene rings is 1. The highest BCUT2D eigenvalue weighted by Crippen LogP contribution is 2.22. The van der Waals surface area contributed by atoms with E-state index in [1.54, 1.807) is 24.4 Å². The highest BCUT2D eigenvalue weighted by molar-refractivity contribution is 5.78. The van der Waals surface area contributed by atoms with Crippen molar-refractivity contribution in [2.45, 2.75) is 0 Å². The average Bonchev–Trinajstić information content (AvgIpc) is 2.91. The van der Waals surface area contributed by atoms with Gasteiger partial charge in [-0.3, -0.25) is 15.1 Å². The van der Waals surface area contributed by atoms with Crippen molar-refractivity contribution in [3.8, 4) is 11.5 Å². The van der Waals surface area contributed by atoms with Gasteiger partial charge < -0.3 is 4.42 Å². The highest BCUT2D eigenvalue weighted by Gasteiger charge is 2.09. The van der Waals surface area contributed by atoms with Gasteiger partial charge in [0, 0.05) is 12.1 Å². The van der Waals surface area contributed by atoms with E-state index in [1.165, 1.54) is 18.4 Å². The summed E-state index contributed by atoms with van der Waals surface area (Å²) in [5, 5.41) is 10.7. The molecule has 0 aliphatic rings. The Balaban J connectivity index is 2.18. The fraction of sp³-hybridized carbons (Fsp3) is 0. The van der Waals surface area contributed by atoms with E-state index in [4.69, 9.17) is 4.42 Å². The van der Waals surface area contributed by atoms with Gasteiger partial charge in [-0.15, -0.1) is 0 Å². The van der Waals surface area contributed by atoms with Crippen molar-refractivity contribution in [2.75, 3.05) is 0 Å². The number of aromatic nitrogens is 2. The Kier molecular flexibility index (Phi) is 2.26. The second-order valence-electron chi connectivity index (χ2n) is 3.66. The molecular formula is C12H7N3O3. The maximum Gasteiger partial charge on any atom is 0.271 e. The number of nitrogens with zero attached hydrogens (tertiary/aromatic N) is 3. The SMILES string of the molecule is O=[N+]([O-])c1ccc2ncc(-c3ccco3)nc2c1. The summed E-state index contributed by atoms with van der Waals surface area (Å²) in [5.74, 6) is 0.580. The standard InChI is InChI=1S/C12H7N3O3/c16-15(17)8-3-4-9-10(6-8)14-11(7-13-9)12-2-1-5-18-12/h1-7H. The van der Waals surface area contributed by atoms with Crippen molar-refractivity contribution in [1.82, 2.24) is 9.97 Å². The van der Waals surface area contributed by atoms with Crippen molar-refractivity contribution in [2.24, 2.45) is 0 Å². The van der Waals surface area contributed by atoms with E-state index in [0.29, 0.717) is 22.5 Å². The van der Waals surface area contributed by atoms with Crippen LogP contribution < -0.4 is 0 Å². The third-order valence-corrected chi connectivity index (χ3v) is 2.51. The molecule has 3 aromatic rings. The van der Waals surface area contributed by atoms with Gasteiger partial charge in [-0.25, -0.2) is 4.98 Å². The van der Waals surface area contributed by atoms with Gasteiger partial charge >= 0.3 is 0 Å². The molecule has 0 atom stereocenters. The van der Waals surface area contributed by atoms with Crippen LogP contribution in [0.4, 0.5) is 5.69 Å². The molecule has 0 saturated carbocycles. The first-order valence-electron chi connectivity index (χ1n) is 5.19. The lowest BCUT2D eigenvalue weighted by Crippen LogP contribution is -1.91. The summed E-state index contributed by atoms with van der Waals surface area (Å²) in [6.45, 7) is 0. The minimum Gasteiger partial charge on any atom is -0.463 e. The monoisotopic (exact) mass is 241 g/mol. The molecule has 2 aromatic heterocycles. The number of fused-ring (bicyclic) bond motifs is 1. The maximum atomic E-state index is 10.7. The Labute approximate surface area is 101 Å². The maximum absolute atomic E-state index is 10.7. The average molecular weight is 241 g/mol. The number of furan rings is 1. The molecule has 0 saturated heterocycles. The Morgan fingerprint density at radius 3 is 2.83 bits per heavy atom. The number of non-ortho nitro benzene ring substituents is 1. The van der Waals surface area contributed by atoms with E-state index in [2.05, 4.69) is 9.97 Å². The first-order valence-corrected chi connectivity index (χ1v) is 5.19. The molecule has 0 spiro atoms. The molecule has 1 aromatic carbocycles. The van der Waals surface area contributed by atoms with Crippen LogP contribution in [0.5, 0.6) is 0 Å². The van der Waals surface area contributed by atoms with Gasteiger partial charge in [-0.05, 0) is 18.2 Å². The zero-order valence-corrected chi connectivity index (χ0v) is 9.11. The van der Waals surface area contributed by atoms with E-state index in [-0.39, 0.29) is 5.69 Å². The molecule has 0 amide bonds. The summed E-state index contributed by atoms with van der Waals surface area (Å²) in [5.41, 5.74) is 1.62. The number of hydrogen-bond acceptors (Lipinski definition) is 5. The molecule has 0 aliphatic heterocycles. The van der Waals surface area contributed by atoms with E-state index in [0.717, 1.165) is 0 Å². The fourth-order valence-electron chi connectivity index (χ4n) is 1.66. The number of rotatable bonds is 2. The smallest absolute Gasteiger partial charge is 0.271 e. The van der Waals surface area contributed by atoms with Crippen LogP contribution in [0.1, 0.15) is 0 Å². The zero-order valence-electron chi connectivity index (χ0n) is 9.11. The Hall–Kier alpha value is -2.76. The topological polar surface area (TPSA) is 82.1 Å². The van der Waals surface area contributed by atoms with Crippen LogP contribution in [-0.4, -0.2) is 14.9 Å². The molecule has 6 nitrogen and oxygen atoms in total. The summed E-state index contributed by atoms with van der Waals surface area (Å²) in [6, 6.07) is 7.88. The summed E-state index contributed by atoms with van der Waals surface area (Å²) < 4.78 is 5.21. The van der Waals surface area contributed by atoms with Gasteiger partial charge in [0.15, 0.2) is 5.76 Å². The van der Waals surface area contributed by atoms with Gasteiger partial charge in [0.2, 0.25) is 0 Å². The molecule has 0 fully saturated rings. The molecule has 88 valence electrons. The molecule has 2 heterocycles. The number of nitro groups is 1. The lowest BCUT2D eigenvalue weighted by atomic mass is 10.2. The second-order valence-corrected chi connectivity index (χ2v) is 3.66. The fourth-order valence-corrected chi connectivity index (χ4v) is 1.66. The molecule has 0 bridgehead atoms. The van der Waals surface area contributed by atoms with E-state index in [9.17, 15) is 10.1 Å². The van der Waals surface area contributed by atoms with E-state index >= 15 is 0 Å². The molecule has 0 N–H and O–H groups in total. The molecule has 3 rings (SSSR count). The largest absolute Gasteiger partial charge is 0.463 e. The van der Waals surface area contributed by atoms with E-state index < -0.39 is 4.92 Å². The zero-order chi connectivity index (χ0) is 12.5. The second kappa shape index (κ2) is 3.92. The van der Waals surface area contributed by atoms with Crippen LogP contribution in [0.15, 0.2) is 47.2 Å². The van der Waals surface area contributed by atoms with Gasteiger partial charge in [-0.2, -0.15) is 0 Å². The number of nitro benzene ring substituents is 1. The highest BCUT2D eigenvalue weighted by atomic mass is 16.6. The van der Waals surface area contributed by atoms with E-state index in [1.807, 2.05) is 0 Å². The third kappa shape index (κ3) is 1.69. The van der Waals surface area contributed by atoms with Gasteiger partial charge in [-0.1, -0.05) is 0 Å². The van der Waals surface area contributed by atoms with Crippen LogP contribution >= 0.6 is 0 Å². The van der Waals surface area contributed by atoms with Crippen LogP contribution in [0.3, 0.4) is 0 Å². The van der Waals surface area contributed by atoms with Crippen LogP contribution in [0, 0.1) is 10.1 Å². The molecule has 6 heteroatoms. The minimum atomic E-state index is -0.458. The van der Waals surface area contributed by atoms with Crippen LogP contribution in [0.25, 0.3) is 22.5 Å². The lowest BCUT2D eigenvalue weighted by Gasteiger charge is -1.99. The predicted molar refractivity (Wildman–Crippen MR) is 63.9 cm³/mol. The van der Waals surface area contributed by atoms with Crippen molar-refractivity contribution in [3.63, 3.8) is 0 Å². The molecule has 0 radical (unpaired) electrons. The minimum absolute atomic E-state index is 0.00612. The molecule has 18 heavy (non-hydrogen) atoms. The predicted octanol–water partition coefficient (Wildman–Crippen LogP) is 2.80. The Morgan fingerprint density at radius 2 is 2.11 bits per heavy atom. The van der Waals surface area contributed by atoms with Crippen molar-refractivity contribution >= 4 is 16.7 Å². The molecule has 0 aliphatic carbocycles. The van der Waals surface area contributed by atoms with Crippen molar-refractivity contribution in [3.05, 3.63) is 52.9 Å². The summed E-state index contributed by atoms with van der Waals surface area (Å²) in [6.07, 6.45) is 3.11. The quantitative estimate of drug-likeness (QED) is 0.509. The van der Waals surface area contributed by atoms with Crippen molar-refractivity contribution < 1.29 is 9.34 Å².